The van der Waals surface area contributed by atoms with Gasteiger partial charge in [-0.15, -0.1) is 0 Å². The Balaban J connectivity index is 2.03. The molecule has 1 fully saturated rings. The molecule has 1 saturated carbocycles. The van der Waals surface area contributed by atoms with Crippen LogP contribution >= 0.6 is 0 Å². The fourth-order valence-corrected chi connectivity index (χ4v) is 1.11. The highest BCUT2D eigenvalue weighted by Gasteiger charge is 2.18. The third kappa shape index (κ3) is 2.31. The van der Waals surface area contributed by atoms with Crippen LogP contribution in [-0.2, 0) is 0 Å². The van der Waals surface area contributed by atoms with Crippen molar-refractivity contribution in [1.29, 1.82) is 0 Å². The first-order chi connectivity index (χ1) is 6.38. The SMILES string of the molecule is COc1ccc(C=NC2CC2)cc1. The molecule has 0 aliphatic heterocycles. The number of hydrogen-bond donors (Lipinski definition) is 0. The van der Waals surface area contributed by atoms with E-state index in [0.717, 1.165) is 11.3 Å². The molecule has 0 spiro atoms. The summed E-state index contributed by atoms with van der Waals surface area (Å²) in [6.07, 6.45) is 4.45. The Morgan fingerprint density at radius 2 is 2.00 bits per heavy atom. The molecular formula is C11H13NO. The molecule has 1 aliphatic rings. The molecule has 2 rings (SSSR count). The molecule has 0 radical (unpaired) electrons. The molecule has 0 amide bonds. The molecule has 1 aliphatic carbocycles. The Labute approximate surface area is 78.3 Å². The van der Waals surface area contributed by atoms with E-state index in [9.17, 15) is 0 Å². The number of ether oxygens (including phenoxy) is 1. The van der Waals surface area contributed by atoms with Crippen LogP contribution < -0.4 is 4.74 Å². The van der Waals surface area contributed by atoms with E-state index < -0.39 is 0 Å². The summed E-state index contributed by atoms with van der Waals surface area (Å²) in [5.74, 6) is 0.892. The summed E-state index contributed by atoms with van der Waals surface area (Å²) in [6.45, 7) is 0. The van der Waals surface area contributed by atoms with Crippen LogP contribution in [0.25, 0.3) is 0 Å². The topological polar surface area (TPSA) is 21.6 Å². The number of benzene rings is 1. The van der Waals surface area contributed by atoms with Gasteiger partial charge in [0, 0.05) is 6.21 Å². The van der Waals surface area contributed by atoms with Gasteiger partial charge in [0.25, 0.3) is 0 Å². The zero-order valence-corrected chi connectivity index (χ0v) is 7.73. The smallest absolute Gasteiger partial charge is 0.118 e. The third-order valence-electron chi connectivity index (χ3n) is 2.10. The van der Waals surface area contributed by atoms with E-state index in [4.69, 9.17) is 4.74 Å². The molecule has 0 N–H and O–H groups in total. The average molecular weight is 175 g/mol. The zero-order valence-electron chi connectivity index (χ0n) is 7.73. The van der Waals surface area contributed by atoms with Crippen LogP contribution in [-0.4, -0.2) is 19.4 Å². The van der Waals surface area contributed by atoms with Gasteiger partial charge in [-0.1, -0.05) is 0 Å². The van der Waals surface area contributed by atoms with Crippen LogP contribution in [0, 0.1) is 0 Å². The second-order valence-electron chi connectivity index (χ2n) is 3.28. The first kappa shape index (κ1) is 8.30. The highest BCUT2D eigenvalue weighted by atomic mass is 16.5. The van der Waals surface area contributed by atoms with Gasteiger partial charge in [0.1, 0.15) is 5.75 Å². The predicted octanol–water partition coefficient (Wildman–Crippen LogP) is 2.28. The molecule has 13 heavy (non-hydrogen) atoms. The lowest BCUT2D eigenvalue weighted by molar-refractivity contribution is 0.415. The average Bonchev–Trinajstić information content (AvgIpc) is 2.99. The lowest BCUT2D eigenvalue weighted by Crippen LogP contribution is -1.85. The van der Waals surface area contributed by atoms with Crippen molar-refractivity contribution in [3.05, 3.63) is 29.8 Å². The van der Waals surface area contributed by atoms with E-state index in [1.54, 1.807) is 7.11 Å². The molecule has 1 aromatic carbocycles. The highest BCUT2D eigenvalue weighted by molar-refractivity contribution is 5.80. The summed E-state index contributed by atoms with van der Waals surface area (Å²) in [4.78, 5) is 4.40. The number of hydrogen-bond acceptors (Lipinski definition) is 2. The van der Waals surface area contributed by atoms with Crippen LogP contribution in [0.15, 0.2) is 29.3 Å². The molecular weight excluding hydrogens is 162 g/mol. The van der Waals surface area contributed by atoms with Crippen LogP contribution in [0.4, 0.5) is 0 Å². The second-order valence-corrected chi connectivity index (χ2v) is 3.28. The molecule has 0 heterocycles. The first-order valence-corrected chi connectivity index (χ1v) is 4.56. The van der Waals surface area contributed by atoms with Crippen LogP contribution in [0.1, 0.15) is 18.4 Å². The summed E-state index contributed by atoms with van der Waals surface area (Å²) in [6, 6.07) is 8.54. The lowest BCUT2D eigenvalue weighted by Gasteiger charge is -1.98. The van der Waals surface area contributed by atoms with Crippen molar-refractivity contribution in [2.24, 2.45) is 4.99 Å². The second kappa shape index (κ2) is 3.60. The number of nitrogens with zero attached hydrogens (tertiary/aromatic N) is 1. The molecule has 0 unspecified atom stereocenters. The van der Waals surface area contributed by atoms with E-state index in [1.807, 2.05) is 30.5 Å². The summed E-state index contributed by atoms with van der Waals surface area (Å²) < 4.78 is 5.06. The Hall–Kier alpha value is -1.31. The van der Waals surface area contributed by atoms with Crippen molar-refractivity contribution < 1.29 is 4.74 Å². The monoisotopic (exact) mass is 175 g/mol. The van der Waals surface area contributed by atoms with Crippen molar-refractivity contribution in [2.75, 3.05) is 7.11 Å². The van der Waals surface area contributed by atoms with Crippen LogP contribution in [0.2, 0.25) is 0 Å². The van der Waals surface area contributed by atoms with Gasteiger partial charge in [-0.25, -0.2) is 0 Å². The predicted molar refractivity (Wildman–Crippen MR) is 53.6 cm³/mol. The summed E-state index contributed by atoms with van der Waals surface area (Å²) in [7, 11) is 1.67. The van der Waals surface area contributed by atoms with Crippen molar-refractivity contribution in [1.82, 2.24) is 0 Å². The zero-order chi connectivity index (χ0) is 9.10. The molecule has 2 heteroatoms. The lowest BCUT2D eigenvalue weighted by atomic mass is 10.2. The first-order valence-electron chi connectivity index (χ1n) is 4.56. The van der Waals surface area contributed by atoms with E-state index >= 15 is 0 Å². The maximum absolute atomic E-state index is 5.06. The minimum atomic E-state index is 0.599. The van der Waals surface area contributed by atoms with Gasteiger partial charge in [-0.05, 0) is 42.7 Å². The van der Waals surface area contributed by atoms with E-state index in [0.29, 0.717) is 6.04 Å². The fourth-order valence-electron chi connectivity index (χ4n) is 1.11. The Morgan fingerprint density at radius 1 is 1.31 bits per heavy atom. The van der Waals surface area contributed by atoms with E-state index in [1.165, 1.54) is 12.8 Å². The Kier molecular flexibility index (Phi) is 2.30. The van der Waals surface area contributed by atoms with Crippen LogP contribution in [0.5, 0.6) is 5.75 Å². The van der Waals surface area contributed by atoms with Crippen molar-refractivity contribution in [2.45, 2.75) is 18.9 Å². The standard InChI is InChI=1S/C11H13NO/c1-13-11-6-2-9(3-7-11)8-12-10-4-5-10/h2-3,6-8,10H,4-5H2,1H3. The van der Waals surface area contributed by atoms with Gasteiger partial charge in [0.2, 0.25) is 0 Å². The Bertz CT molecular complexity index is 298. The summed E-state index contributed by atoms with van der Waals surface area (Å²) in [5.41, 5.74) is 1.15. The molecule has 1 aromatic rings. The van der Waals surface area contributed by atoms with Gasteiger partial charge < -0.3 is 4.74 Å². The molecule has 2 nitrogen and oxygen atoms in total. The summed E-state index contributed by atoms with van der Waals surface area (Å²) >= 11 is 0. The largest absolute Gasteiger partial charge is 0.497 e. The Morgan fingerprint density at radius 3 is 2.54 bits per heavy atom. The number of rotatable bonds is 3. The maximum Gasteiger partial charge on any atom is 0.118 e. The summed E-state index contributed by atoms with van der Waals surface area (Å²) in [5, 5.41) is 0. The quantitative estimate of drug-likeness (QED) is 0.646. The van der Waals surface area contributed by atoms with Crippen molar-refractivity contribution in [3.8, 4) is 5.75 Å². The molecule has 0 bridgehead atoms. The van der Waals surface area contributed by atoms with Gasteiger partial charge in [0.05, 0.1) is 13.2 Å². The highest BCUT2D eigenvalue weighted by Crippen LogP contribution is 2.23. The molecule has 0 atom stereocenters. The third-order valence-corrected chi connectivity index (χ3v) is 2.10. The normalized spacial score (nSPS) is 16.4. The van der Waals surface area contributed by atoms with Crippen molar-refractivity contribution >= 4 is 6.21 Å². The molecule has 68 valence electrons. The van der Waals surface area contributed by atoms with Gasteiger partial charge in [-0.3, -0.25) is 4.99 Å². The van der Waals surface area contributed by atoms with Gasteiger partial charge >= 0.3 is 0 Å². The van der Waals surface area contributed by atoms with Crippen LogP contribution in [0.3, 0.4) is 0 Å². The number of aliphatic imine (C=N–C) groups is 1. The minimum Gasteiger partial charge on any atom is -0.497 e. The van der Waals surface area contributed by atoms with Gasteiger partial charge in [0.15, 0.2) is 0 Å². The van der Waals surface area contributed by atoms with E-state index in [2.05, 4.69) is 4.99 Å². The van der Waals surface area contributed by atoms with E-state index in [-0.39, 0.29) is 0 Å². The molecule has 0 saturated heterocycles. The minimum absolute atomic E-state index is 0.599. The maximum atomic E-state index is 5.06. The number of methoxy groups -OCH3 is 1. The van der Waals surface area contributed by atoms with Gasteiger partial charge in [-0.2, -0.15) is 0 Å². The molecule has 0 aromatic heterocycles. The van der Waals surface area contributed by atoms with Crippen molar-refractivity contribution in [3.63, 3.8) is 0 Å². The fraction of sp³-hybridized carbons (Fsp3) is 0.364.